The van der Waals surface area contributed by atoms with Crippen LogP contribution in [0.2, 0.25) is 0 Å². The Hall–Kier alpha value is -2.09. The second-order valence-electron chi connectivity index (χ2n) is 6.91. The van der Waals surface area contributed by atoms with Crippen molar-refractivity contribution in [3.8, 4) is 0 Å². The van der Waals surface area contributed by atoms with E-state index in [9.17, 15) is 22.8 Å². The zero-order valence-corrected chi connectivity index (χ0v) is 14.3. The lowest BCUT2D eigenvalue weighted by atomic mass is 10.1. The summed E-state index contributed by atoms with van der Waals surface area (Å²) in [5.41, 5.74) is -0.329. The molecule has 1 aromatic rings. The molecule has 2 atom stereocenters. The van der Waals surface area contributed by atoms with E-state index in [4.69, 9.17) is 0 Å². The normalized spacial score (nSPS) is 23.5. The van der Waals surface area contributed by atoms with Gasteiger partial charge in [0.15, 0.2) is 0 Å². The van der Waals surface area contributed by atoms with Crippen LogP contribution in [0.3, 0.4) is 0 Å². The second-order valence-corrected chi connectivity index (χ2v) is 6.91. The first kappa shape index (κ1) is 18.7. The number of hydrogen-bond donors (Lipinski definition) is 2. The Labute approximate surface area is 149 Å². The Bertz CT molecular complexity index is 672. The average Bonchev–Trinajstić information content (AvgIpc) is 3.23. The third-order valence-corrected chi connectivity index (χ3v) is 4.90. The Kier molecular flexibility index (Phi) is 5.50. The molecule has 2 aliphatic heterocycles. The van der Waals surface area contributed by atoms with Gasteiger partial charge in [-0.05, 0) is 37.1 Å². The number of nitrogens with one attached hydrogen (secondary N) is 2. The summed E-state index contributed by atoms with van der Waals surface area (Å²) in [5.74, 6) is -0.824. The molecule has 2 N–H and O–H groups in total. The van der Waals surface area contributed by atoms with Crippen LogP contribution in [-0.4, -0.2) is 42.4 Å². The topological polar surface area (TPSA) is 61.4 Å². The highest BCUT2D eigenvalue weighted by atomic mass is 19.4. The van der Waals surface area contributed by atoms with E-state index in [1.54, 1.807) is 6.07 Å². The molecular formula is C18H22F3N3O2. The van der Waals surface area contributed by atoms with E-state index in [1.807, 2.05) is 0 Å². The maximum absolute atomic E-state index is 12.8. The third-order valence-electron chi connectivity index (χ3n) is 4.90. The Morgan fingerprint density at radius 2 is 2.15 bits per heavy atom. The van der Waals surface area contributed by atoms with Gasteiger partial charge in [-0.15, -0.1) is 0 Å². The van der Waals surface area contributed by atoms with Gasteiger partial charge in [0, 0.05) is 32.1 Å². The first-order valence-electron chi connectivity index (χ1n) is 8.78. The van der Waals surface area contributed by atoms with Gasteiger partial charge < -0.3 is 15.5 Å². The molecule has 2 heterocycles. The fourth-order valence-corrected chi connectivity index (χ4v) is 3.47. The number of likely N-dealkylation sites (tertiary alicyclic amines) is 1. The minimum atomic E-state index is -4.41. The second kappa shape index (κ2) is 7.65. The minimum absolute atomic E-state index is 0.0801. The summed E-state index contributed by atoms with van der Waals surface area (Å²) in [6, 6.07) is 5.21. The van der Waals surface area contributed by atoms with Crippen molar-refractivity contribution in [2.24, 2.45) is 5.92 Å². The molecule has 2 amide bonds. The van der Waals surface area contributed by atoms with E-state index < -0.39 is 17.7 Å². The Morgan fingerprint density at radius 3 is 2.85 bits per heavy atom. The average molecular weight is 369 g/mol. The van der Waals surface area contributed by atoms with Crippen LogP contribution in [-0.2, 0) is 22.3 Å². The van der Waals surface area contributed by atoms with Crippen molar-refractivity contribution >= 4 is 11.8 Å². The molecule has 2 saturated heterocycles. The number of halogens is 3. The number of rotatable bonds is 5. The lowest BCUT2D eigenvalue weighted by Gasteiger charge is -2.18. The van der Waals surface area contributed by atoms with Gasteiger partial charge in [-0.2, -0.15) is 13.2 Å². The van der Waals surface area contributed by atoms with E-state index in [2.05, 4.69) is 10.6 Å². The molecule has 3 rings (SSSR count). The van der Waals surface area contributed by atoms with Crippen LogP contribution in [0.25, 0.3) is 0 Å². The quantitative estimate of drug-likeness (QED) is 0.834. The van der Waals surface area contributed by atoms with Gasteiger partial charge in [0.1, 0.15) is 0 Å². The Morgan fingerprint density at radius 1 is 1.35 bits per heavy atom. The summed E-state index contributed by atoms with van der Waals surface area (Å²) in [7, 11) is 0. The van der Waals surface area contributed by atoms with Crippen LogP contribution in [0.5, 0.6) is 0 Å². The van der Waals surface area contributed by atoms with Gasteiger partial charge in [0.25, 0.3) is 0 Å². The van der Waals surface area contributed by atoms with Crippen LogP contribution in [0, 0.1) is 5.92 Å². The summed E-state index contributed by atoms with van der Waals surface area (Å²) < 4.78 is 38.4. The molecule has 142 valence electrons. The maximum atomic E-state index is 12.8. The fraction of sp³-hybridized carbons (Fsp3) is 0.556. The van der Waals surface area contributed by atoms with Gasteiger partial charge in [-0.3, -0.25) is 9.59 Å². The molecule has 2 fully saturated rings. The van der Waals surface area contributed by atoms with Crippen molar-refractivity contribution < 1.29 is 22.8 Å². The highest BCUT2D eigenvalue weighted by Gasteiger charge is 2.35. The predicted molar refractivity (Wildman–Crippen MR) is 89.0 cm³/mol. The highest BCUT2D eigenvalue weighted by molar-refractivity contribution is 5.89. The summed E-state index contributed by atoms with van der Waals surface area (Å²) in [6.07, 6.45) is -2.20. The molecule has 0 aliphatic carbocycles. The van der Waals surface area contributed by atoms with Crippen molar-refractivity contribution in [2.75, 3.05) is 19.6 Å². The van der Waals surface area contributed by atoms with Crippen molar-refractivity contribution in [2.45, 2.75) is 38.0 Å². The van der Waals surface area contributed by atoms with E-state index in [-0.39, 0.29) is 37.4 Å². The zero-order valence-electron chi connectivity index (χ0n) is 14.3. The lowest BCUT2D eigenvalue weighted by molar-refractivity contribution is -0.137. The van der Waals surface area contributed by atoms with Crippen LogP contribution >= 0.6 is 0 Å². The molecule has 8 heteroatoms. The van der Waals surface area contributed by atoms with E-state index in [0.717, 1.165) is 31.5 Å². The third kappa shape index (κ3) is 4.55. The number of benzene rings is 1. The number of amides is 2. The van der Waals surface area contributed by atoms with Crippen molar-refractivity contribution in [1.82, 2.24) is 15.5 Å². The van der Waals surface area contributed by atoms with Gasteiger partial charge in [-0.1, -0.05) is 12.1 Å². The predicted octanol–water partition coefficient (Wildman–Crippen LogP) is 1.92. The van der Waals surface area contributed by atoms with Crippen LogP contribution in [0.1, 0.15) is 30.4 Å². The Balaban J connectivity index is 1.55. The summed E-state index contributed by atoms with van der Waals surface area (Å²) >= 11 is 0. The van der Waals surface area contributed by atoms with Gasteiger partial charge in [0.05, 0.1) is 11.5 Å². The molecule has 0 bridgehead atoms. The number of hydrogen-bond acceptors (Lipinski definition) is 3. The summed E-state index contributed by atoms with van der Waals surface area (Å²) in [6.45, 7) is 1.81. The largest absolute Gasteiger partial charge is 0.416 e. The summed E-state index contributed by atoms with van der Waals surface area (Å²) in [5, 5.41) is 6.16. The minimum Gasteiger partial charge on any atom is -0.354 e. The van der Waals surface area contributed by atoms with Gasteiger partial charge in [0.2, 0.25) is 11.8 Å². The number of carbonyl (C=O) groups excluding carboxylic acids is 2. The van der Waals surface area contributed by atoms with Gasteiger partial charge >= 0.3 is 6.18 Å². The maximum Gasteiger partial charge on any atom is 0.416 e. The van der Waals surface area contributed by atoms with Gasteiger partial charge in [-0.25, -0.2) is 0 Å². The number of carbonyl (C=O) groups is 2. The molecule has 0 spiro atoms. The first-order chi connectivity index (χ1) is 12.3. The highest BCUT2D eigenvalue weighted by Crippen LogP contribution is 2.30. The molecular weight excluding hydrogens is 347 g/mol. The van der Waals surface area contributed by atoms with Crippen LogP contribution < -0.4 is 10.6 Å². The zero-order chi connectivity index (χ0) is 18.7. The SMILES string of the molecule is O=C(NCC1CCCN1)C1CC(=O)N(Cc2cccc(C(F)(F)F)c2)C1. The van der Waals surface area contributed by atoms with E-state index in [1.165, 1.54) is 11.0 Å². The fourth-order valence-electron chi connectivity index (χ4n) is 3.47. The van der Waals surface area contributed by atoms with E-state index >= 15 is 0 Å². The number of alkyl halides is 3. The molecule has 2 unspecified atom stereocenters. The standard InChI is InChI=1S/C18H22F3N3O2/c19-18(20,21)14-4-1-3-12(7-14)10-24-11-13(8-16(24)25)17(26)23-9-15-5-2-6-22-15/h1,3-4,7,13,15,22H,2,5-6,8-11H2,(H,23,26). The molecule has 0 radical (unpaired) electrons. The molecule has 0 saturated carbocycles. The smallest absolute Gasteiger partial charge is 0.354 e. The molecule has 0 aromatic heterocycles. The first-order valence-corrected chi connectivity index (χ1v) is 8.78. The van der Waals surface area contributed by atoms with Crippen LogP contribution in [0.15, 0.2) is 24.3 Å². The molecule has 2 aliphatic rings. The molecule has 26 heavy (non-hydrogen) atoms. The molecule has 5 nitrogen and oxygen atoms in total. The number of nitrogens with zero attached hydrogens (tertiary/aromatic N) is 1. The van der Waals surface area contributed by atoms with Crippen LogP contribution in [0.4, 0.5) is 13.2 Å². The van der Waals surface area contributed by atoms with Crippen molar-refractivity contribution in [3.63, 3.8) is 0 Å². The van der Waals surface area contributed by atoms with E-state index in [0.29, 0.717) is 12.1 Å². The van der Waals surface area contributed by atoms with Crippen molar-refractivity contribution in [3.05, 3.63) is 35.4 Å². The summed E-state index contributed by atoms with van der Waals surface area (Å²) in [4.78, 5) is 25.9. The van der Waals surface area contributed by atoms with Crippen molar-refractivity contribution in [1.29, 1.82) is 0 Å². The lowest BCUT2D eigenvalue weighted by Crippen LogP contribution is -2.40. The monoisotopic (exact) mass is 369 g/mol. The molecule has 1 aromatic carbocycles.